The molecule has 5 nitrogen and oxygen atoms in total. The Morgan fingerprint density at radius 2 is 1.92 bits per heavy atom. The highest BCUT2D eigenvalue weighted by Gasteiger charge is 2.28. The summed E-state index contributed by atoms with van der Waals surface area (Å²) in [5.74, 6) is 1.15. The van der Waals surface area contributed by atoms with E-state index in [-0.39, 0.29) is 11.9 Å². The lowest BCUT2D eigenvalue weighted by atomic mass is 10.0. The number of aromatic nitrogens is 1. The van der Waals surface area contributed by atoms with Crippen LogP contribution in [0.5, 0.6) is 11.5 Å². The van der Waals surface area contributed by atoms with E-state index in [0.29, 0.717) is 36.8 Å². The van der Waals surface area contributed by atoms with E-state index in [1.165, 1.54) is 0 Å². The Labute approximate surface area is 142 Å². The highest BCUT2D eigenvalue weighted by atomic mass is 16.6. The second kappa shape index (κ2) is 7.34. The van der Waals surface area contributed by atoms with E-state index in [1.807, 2.05) is 36.1 Å². The van der Waals surface area contributed by atoms with Gasteiger partial charge in [-0.2, -0.15) is 0 Å². The van der Waals surface area contributed by atoms with Crippen molar-refractivity contribution in [2.24, 2.45) is 0 Å². The molecule has 0 fully saturated rings. The largest absolute Gasteiger partial charge is 0.486 e. The molecule has 0 aliphatic carbocycles. The Morgan fingerprint density at radius 3 is 2.62 bits per heavy atom. The molecule has 2 heterocycles. The lowest BCUT2D eigenvalue weighted by Gasteiger charge is -2.31. The first kappa shape index (κ1) is 16.3. The molecule has 0 N–H and O–H groups in total. The Bertz CT molecular complexity index is 703. The second-order valence-corrected chi connectivity index (χ2v) is 5.63. The number of pyridine rings is 1. The number of ether oxygens (including phenoxy) is 2. The number of carbonyl (C=O) groups excluding carboxylic acids is 1. The van der Waals surface area contributed by atoms with Crippen LogP contribution in [0.4, 0.5) is 0 Å². The maximum atomic E-state index is 13.2. The van der Waals surface area contributed by atoms with Crippen LogP contribution in [0, 0.1) is 0 Å². The first-order valence-electron chi connectivity index (χ1n) is 8.35. The Balaban J connectivity index is 1.95. The van der Waals surface area contributed by atoms with E-state index < -0.39 is 0 Å². The lowest BCUT2D eigenvalue weighted by molar-refractivity contribution is 0.0672. The zero-order valence-electron chi connectivity index (χ0n) is 14.1. The van der Waals surface area contributed by atoms with Gasteiger partial charge in [-0.3, -0.25) is 9.78 Å². The molecule has 0 saturated heterocycles. The summed E-state index contributed by atoms with van der Waals surface area (Å²) in [5, 5.41) is 0. The van der Waals surface area contributed by atoms with Crippen LogP contribution in [-0.2, 0) is 0 Å². The SMILES string of the molecule is CC[C@H](c1ccncc1)N(CC)C(=O)c1cccc2c1OCCO2. The molecule has 126 valence electrons. The van der Waals surface area contributed by atoms with E-state index in [1.54, 1.807) is 18.5 Å². The third kappa shape index (κ3) is 3.07. The Kier molecular flexibility index (Phi) is 4.99. The molecule has 5 heteroatoms. The van der Waals surface area contributed by atoms with E-state index in [4.69, 9.17) is 9.47 Å². The summed E-state index contributed by atoms with van der Waals surface area (Å²) in [7, 11) is 0. The van der Waals surface area contributed by atoms with Gasteiger partial charge in [0.1, 0.15) is 13.2 Å². The normalized spacial score (nSPS) is 14.1. The van der Waals surface area contributed by atoms with Crippen molar-refractivity contribution in [1.29, 1.82) is 0 Å². The van der Waals surface area contributed by atoms with Crippen LogP contribution in [-0.4, -0.2) is 35.5 Å². The predicted octanol–water partition coefficient (Wildman–Crippen LogP) is 3.47. The molecule has 0 bridgehead atoms. The molecular formula is C19H22N2O3. The fourth-order valence-corrected chi connectivity index (χ4v) is 3.12. The summed E-state index contributed by atoms with van der Waals surface area (Å²) >= 11 is 0. The van der Waals surface area contributed by atoms with E-state index >= 15 is 0 Å². The van der Waals surface area contributed by atoms with Crippen LogP contribution in [0.25, 0.3) is 0 Å². The number of para-hydroxylation sites is 1. The van der Waals surface area contributed by atoms with Crippen molar-refractivity contribution in [1.82, 2.24) is 9.88 Å². The quantitative estimate of drug-likeness (QED) is 0.844. The number of rotatable bonds is 5. The van der Waals surface area contributed by atoms with Gasteiger partial charge in [-0.15, -0.1) is 0 Å². The van der Waals surface area contributed by atoms with Crippen molar-refractivity contribution in [3.8, 4) is 11.5 Å². The predicted molar refractivity (Wildman–Crippen MR) is 91.4 cm³/mol. The zero-order valence-corrected chi connectivity index (χ0v) is 14.1. The van der Waals surface area contributed by atoms with Gasteiger partial charge < -0.3 is 14.4 Å². The van der Waals surface area contributed by atoms with Gasteiger partial charge in [0.05, 0.1) is 11.6 Å². The molecule has 1 amide bonds. The van der Waals surface area contributed by atoms with Gasteiger partial charge in [0.25, 0.3) is 5.91 Å². The Hall–Kier alpha value is -2.56. The number of carbonyl (C=O) groups is 1. The summed E-state index contributed by atoms with van der Waals surface area (Å²) in [6.45, 7) is 5.67. The number of benzene rings is 1. The summed E-state index contributed by atoms with van der Waals surface area (Å²) in [6.07, 6.45) is 4.35. The maximum Gasteiger partial charge on any atom is 0.258 e. The van der Waals surface area contributed by atoms with Crippen molar-refractivity contribution in [2.45, 2.75) is 26.3 Å². The molecule has 1 aromatic carbocycles. The standard InChI is InChI=1S/C19H22N2O3/c1-3-16(14-8-10-20-11-9-14)21(4-2)19(22)15-6-5-7-17-18(15)24-13-12-23-17/h5-11,16H,3-4,12-13H2,1-2H3/t16-/m1/s1. The number of amides is 1. The molecule has 3 rings (SSSR count). The first-order chi connectivity index (χ1) is 11.8. The van der Waals surface area contributed by atoms with Crippen molar-refractivity contribution in [2.75, 3.05) is 19.8 Å². The van der Waals surface area contributed by atoms with E-state index in [2.05, 4.69) is 11.9 Å². The van der Waals surface area contributed by atoms with Crippen LogP contribution < -0.4 is 9.47 Å². The third-order valence-electron chi connectivity index (χ3n) is 4.25. The molecule has 1 atom stereocenters. The average Bonchev–Trinajstić information content (AvgIpc) is 2.65. The molecule has 24 heavy (non-hydrogen) atoms. The van der Waals surface area contributed by atoms with Crippen LogP contribution in [0.3, 0.4) is 0 Å². The summed E-state index contributed by atoms with van der Waals surface area (Å²) in [6, 6.07) is 9.40. The molecule has 0 spiro atoms. The summed E-state index contributed by atoms with van der Waals surface area (Å²) in [5.41, 5.74) is 1.64. The van der Waals surface area contributed by atoms with Gasteiger partial charge in [-0.1, -0.05) is 13.0 Å². The van der Waals surface area contributed by atoms with Crippen molar-refractivity contribution in [3.05, 3.63) is 53.9 Å². The van der Waals surface area contributed by atoms with Gasteiger partial charge in [-0.25, -0.2) is 0 Å². The third-order valence-corrected chi connectivity index (χ3v) is 4.25. The molecule has 1 aliphatic rings. The average molecular weight is 326 g/mol. The summed E-state index contributed by atoms with van der Waals surface area (Å²) < 4.78 is 11.3. The number of hydrogen-bond donors (Lipinski definition) is 0. The number of fused-ring (bicyclic) bond motifs is 1. The van der Waals surface area contributed by atoms with Gasteiger partial charge in [0.15, 0.2) is 11.5 Å². The highest BCUT2D eigenvalue weighted by molar-refractivity contribution is 5.98. The molecular weight excluding hydrogens is 304 g/mol. The van der Waals surface area contributed by atoms with Crippen LogP contribution in [0.15, 0.2) is 42.7 Å². The van der Waals surface area contributed by atoms with Crippen LogP contribution in [0.1, 0.15) is 42.2 Å². The number of hydrogen-bond acceptors (Lipinski definition) is 4. The van der Waals surface area contributed by atoms with Crippen molar-refractivity contribution < 1.29 is 14.3 Å². The number of nitrogens with zero attached hydrogens (tertiary/aromatic N) is 2. The van der Waals surface area contributed by atoms with Gasteiger partial charge >= 0.3 is 0 Å². The molecule has 1 aliphatic heterocycles. The van der Waals surface area contributed by atoms with Crippen molar-refractivity contribution in [3.63, 3.8) is 0 Å². The fraction of sp³-hybridized carbons (Fsp3) is 0.368. The minimum Gasteiger partial charge on any atom is -0.486 e. The first-order valence-corrected chi connectivity index (χ1v) is 8.35. The van der Waals surface area contributed by atoms with Crippen LogP contribution in [0.2, 0.25) is 0 Å². The van der Waals surface area contributed by atoms with Crippen LogP contribution >= 0.6 is 0 Å². The lowest BCUT2D eigenvalue weighted by Crippen LogP contribution is -2.35. The highest BCUT2D eigenvalue weighted by Crippen LogP contribution is 2.36. The topological polar surface area (TPSA) is 51.7 Å². The van der Waals surface area contributed by atoms with Crippen molar-refractivity contribution >= 4 is 5.91 Å². The molecule has 0 saturated carbocycles. The van der Waals surface area contributed by atoms with E-state index in [0.717, 1.165) is 12.0 Å². The molecule has 2 aromatic rings. The monoisotopic (exact) mass is 326 g/mol. The molecule has 1 aromatic heterocycles. The molecule has 0 unspecified atom stereocenters. The minimum absolute atomic E-state index is 0.00543. The second-order valence-electron chi connectivity index (χ2n) is 5.63. The van der Waals surface area contributed by atoms with E-state index in [9.17, 15) is 4.79 Å². The summed E-state index contributed by atoms with van der Waals surface area (Å²) in [4.78, 5) is 19.1. The van der Waals surface area contributed by atoms with Gasteiger partial charge in [0, 0.05) is 18.9 Å². The Morgan fingerprint density at radius 1 is 1.17 bits per heavy atom. The minimum atomic E-state index is -0.0384. The fourth-order valence-electron chi connectivity index (χ4n) is 3.12. The smallest absolute Gasteiger partial charge is 0.258 e. The maximum absolute atomic E-state index is 13.2. The van der Waals surface area contributed by atoms with Gasteiger partial charge in [-0.05, 0) is 43.2 Å². The zero-order chi connectivity index (χ0) is 16.9. The molecule has 0 radical (unpaired) electrons. The van der Waals surface area contributed by atoms with Gasteiger partial charge in [0.2, 0.25) is 0 Å².